The Hall–Kier alpha value is -0.160. The summed E-state index contributed by atoms with van der Waals surface area (Å²) in [6.45, 7) is 3.93. The standard InChI is InChI=1S/C12H26N2O2/c1-10(9-15-2)8-11(14-13)5-6-12-4-3-7-16-12/h10-12,14H,3-9,13H2,1-2H3. The maximum absolute atomic E-state index is 5.61. The maximum Gasteiger partial charge on any atom is 0.0576 e. The van der Waals surface area contributed by atoms with Crippen molar-refractivity contribution in [2.24, 2.45) is 11.8 Å². The highest BCUT2D eigenvalue weighted by Crippen LogP contribution is 2.19. The average Bonchev–Trinajstić information content (AvgIpc) is 2.77. The molecule has 0 saturated carbocycles. The molecule has 0 spiro atoms. The monoisotopic (exact) mass is 230 g/mol. The van der Waals surface area contributed by atoms with Crippen molar-refractivity contribution in [2.45, 2.75) is 51.2 Å². The van der Waals surface area contributed by atoms with Crippen LogP contribution in [0.15, 0.2) is 0 Å². The largest absolute Gasteiger partial charge is 0.384 e. The van der Waals surface area contributed by atoms with Crippen LogP contribution in [0, 0.1) is 5.92 Å². The minimum Gasteiger partial charge on any atom is -0.384 e. The first-order valence-electron chi connectivity index (χ1n) is 6.33. The summed E-state index contributed by atoms with van der Waals surface area (Å²) in [6.07, 6.45) is 6.17. The van der Waals surface area contributed by atoms with E-state index in [1.54, 1.807) is 7.11 Å². The van der Waals surface area contributed by atoms with Crippen molar-refractivity contribution >= 4 is 0 Å². The van der Waals surface area contributed by atoms with E-state index in [4.69, 9.17) is 15.3 Å². The summed E-state index contributed by atoms with van der Waals surface area (Å²) in [7, 11) is 1.74. The van der Waals surface area contributed by atoms with Crippen LogP contribution in [-0.4, -0.2) is 32.5 Å². The van der Waals surface area contributed by atoms with E-state index >= 15 is 0 Å². The molecule has 1 fully saturated rings. The van der Waals surface area contributed by atoms with Gasteiger partial charge in [0.15, 0.2) is 0 Å². The lowest BCUT2D eigenvalue weighted by molar-refractivity contribution is 0.0968. The lowest BCUT2D eigenvalue weighted by Crippen LogP contribution is -2.37. The molecule has 96 valence electrons. The molecule has 3 unspecified atom stereocenters. The van der Waals surface area contributed by atoms with Crippen LogP contribution in [0.1, 0.15) is 39.0 Å². The number of methoxy groups -OCH3 is 1. The molecule has 1 aliphatic heterocycles. The van der Waals surface area contributed by atoms with Gasteiger partial charge in [0.1, 0.15) is 0 Å². The van der Waals surface area contributed by atoms with Crippen molar-refractivity contribution in [1.82, 2.24) is 5.43 Å². The van der Waals surface area contributed by atoms with Crippen molar-refractivity contribution in [3.8, 4) is 0 Å². The fourth-order valence-corrected chi connectivity index (χ4v) is 2.37. The molecule has 1 rings (SSSR count). The van der Waals surface area contributed by atoms with Crippen LogP contribution in [-0.2, 0) is 9.47 Å². The lowest BCUT2D eigenvalue weighted by atomic mass is 9.97. The molecule has 0 aliphatic carbocycles. The Bertz CT molecular complexity index is 172. The van der Waals surface area contributed by atoms with Crippen molar-refractivity contribution in [1.29, 1.82) is 0 Å². The van der Waals surface area contributed by atoms with Crippen LogP contribution in [0.25, 0.3) is 0 Å². The molecule has 1 aliphatic rings. The van der Waals surface area contributed by atoms with E-state index in [2.05, 4.69) is 12.3 Å². The van der Waals surface area contributed by atoms with Crippen molar-refractivity contribution in [3.63, 3.8) is 0 Å². The van der Waals surface area contributed by atoms with Gasteiger partial charge in [0.25, 0.3) is 0 Å². The molecule has 16 heavy (non-hydrogen) atoms. The Kier molecular flexibility index (Phi) is 6.96. The summed E-state index contributed by atoms with van der Waals surface area (Å²) >= 11 is 0. The molecule has 1 heterocycles. The molecular weight excluding hydrogens is 204 g/mol. The normalized spacial score (nSPS) is 24.6. The van der Waals surface area contributed by atoms with Crippen molar-refractivity contribution < 1.29 is 9.47 Å². The Labute approximate surface area is 98.8 Å². The highest BCUT2D eigenvalue weighted by atomic mass is 16.5. The lowest BCUT2D eigenvalue weighted by Gasteiger charge is -2.21. The Balaban J connectivity index is 2.14. The fraction of sp³-hybridized carbons (Fsp3) is 1.00. The van der Waals surface area contributed by atoms with Crippen LogP contribution in [0.5, 0.6) is 0 Å². The topological polar surface area (TPSA) is 56.5 Å². The molecule has 0 amide bonds. The Morgan fingerprint density at radius 2 is 2.38 bits per heavy atom. The number of ether oxygens (including phenoxy) is 2. The summed E-state index contributed by atoms with van der Waals surface area (Å²) in [5.74, 6) is 6.12. The molecule has 0 aromatic rings. The number of hydrazine groups is 1. The van der Waals surface area contributed by atoms with Crippen LogP contribution in [0.3, 0.4) is 0 Å². The fourth-order valence-electron chi connectivity index (χ4n) is 2.37. The molecule has 0 bridgehead atoms. The first-order valence-corrected chi connectivity index (χ1v) is 6.33. The Morgan fingerprint density at radius 3 is 2.94 bits per heavy atom. The van der Waals surface area contributed by atoms with Gasteiger partial charge in [0, 0.05) is 26.4 Å². The number of hydrogen-bond donors (Lipinski definition) is 2. The SMILES string of the molecule is COCC(C)CC(CCC1CCCO1)NN. The van der Waals surface area contributed by atoms with Crippen molar-refractivity contribution in [2.75, 3.05) is 20.3 Å². The quantitative estimate of drug-likeness (QED) is 0.489. The van der Waals surface area contributed by atoms with E-state index in [1.807, 2.05) is 0 Å². The maximum atomic E-state index is 5.61. The number of hydrogen-bond acceptors (Lipinski definition) is 4. The zero-order valence-electron chi connectivity index (χ0n) is 10.6. The van der Waals surface area contributed by atoms with E-state index in [0.29, 0.717) is 18.1 Å². The zero-order valence-corrected chi connectivity index (χ0v) is 10.6. The second-order valence-corrected chi connectivity index (χ2v) is 4.87. The summed E-state index contributed by atoms with van der Waals surface area (Å²) in [4.78, 5) is 0. The Morgan fingerprint density at radius 1 is 1.56 bits per heavy atom. The number of nitrogens with two attached hydrogens (primary N) is 1. The molecule has 4 heteroatoms. The van der Waals surface area contributed by atoms with E-state index < -0.39 is 0 Å². The second-order valence-electron chi connectivity index (χ2n) is 4.87. The zero-order chi connectivity index (χ0) is 11.8. The smallest absolute Gasteiger partial charge is 0.0576 e. The van der Waals surface area contributed by atoms with E-state index in [-0.39, 0.29) is 0 Å². The molecule has 3 atom stereocenters. The second kappa shape index (κ2) is 8.01. The number of nitrogens with one attached hydrogen (secondary N) is 1. The van der Waals surface area contributed by atoms with Gasteiger partial charge in [0.2, 0.25) is 0 Å². The van der Waals surface area contributed by atoms with E-state index in [1.165, 1.54) is 12.8 Å². The summed E-state index contributed by atoms with van der Waals surface area (Å²) in [5, 5.41) is 0. The predicted octanol–water partition coefficient (Wildman–Crippen LogP) is 1.45. The van der Waals surface area contributed by atoms with Crippen LogP contribution >= 0.6 is 0 Å². The summed E-state index contributed by atoms with van der Waals surface area (Å²) in [6, 6.07) is 0.384. The van der Waals surface area contributed by atoms with Gasteiger partial charge >= 0.3 is 0 Å². The van der Waals surface area contributed by atoms with Gasteiger partial charge in [-0.3, -0.25) is 11.3 Å². The highest BCUT2D eigenvalue weighted by Gasteiger charge is 2.18. The minimum atomic E-state index is 0.384. The first-order chi connectivity index (χ1) is 7.76. The molecular formula is C12H26N2O2. The van der Waals surface area contributed by atoms with Gasteiger partial charge in [-0.25, -0.2) is 0 Å². The van der Waals surface area contributed by atoms with Gasteiger partial charge in [0.05, 0.1) is 6.10 Å². The summed E-state index contributed by atoms with van der Waals surface area (Å²) in [5.41, 5.74) is 2.90. The third-order valence-electron chi connectivity index (χ3n) is 3.23. The molecule has 1 saturated heterocycles. The molecule has 3 N–H and O–H groups in total. The predicted molar refractivity (Wildman–Crippen MR) is 65.0 cm³/mol. The van der Waals surface area contributed by atoms with Crippen molar-refractivity contribution in [3.05, 3.63) is 0 Å². The summed E-state index contributed by atoms with van der Waals surface area (Å²) < 4.78 is 10.7. The van der Waals surface area contributed by atoms with Crippen LogP contribution < -0.4 is 11.3 Å². The van der Waals surface area contributed by atoms with E-state index in [9.17, 15) is 0 Å². The van der Waals surface area contributed by atoms with Gasteiger partial charge in [-0.2, -0.15) is 0 Å². The average molecular weight is 230 g/mol. The molecule has 0 aromatic heterocycles. The van der Waals surface area contributed by atoms with Gasteiger partial charge in [-0.05, 0) is 38.0 Å². The molecule has 0 radical (unpaired) electrons. The molecule has 4 nitrogen and oxygen atoms in total. The third-order valence-corrected chi connectivity index (χ3v) is 3.23. The number of rotatable bonds is 8. The third kappa shape index (κ3) is 5.25. The highest BCUT2D eigenvalue weighted by molar-refractivity contribution is 4.72. The van der Waals surface area contributed by atoms with E-state index in [0.717, 1.165) is 32.5 Å². The first kappa shape index (κ1) is 13.9. The molecule has 0 aromatic carbocycles. The minimum absolute atomic E-state index is 0.384. The van der Waals surface area contributed by atoms with Crippen LogP contribution in [0.4, 0.5) is 0 Å². The van der Waals surface area contributed by atoms with Gasteiger partial charge < -0.3 is 9.47 Å². The van der Waals surface area contributed by atoms with Gasteiger partial charge in [-0.1, -0.05) is 6.92 Å². The van der Waals surface area contributed by atoms with Gasteiger partial charge in [-0.15, -0.1) is 0 Å². The van der Waals surface area contributed by atoms with Crippen LogP contribution in [0.2, 0.25) is 0 Å².